The average Bonchev–Trinajstić information content (AvgIpc) is 2.88. The number of aromatic nitrogens is 1. The number of nitrogens with one attached hydrogen (secondary N) is 3. The summed E-state index contributed by atoms with van der Waals surface area (Å²) < 4.78 is 0. The first-order chi connectivity index (χ1) is 9.81. The molecule has 3 rings (SSSR count). The van der Waals surface area contributed by atoms with E-state index in [1.165, 1.54) is 12.8 Å². The number of carbonyl (C=O) groups is 1. The van der Waals surface area contributed by atoms with Crippen molar-refractivity contribution in [1.29, 1.82) is 0 Å². The quantitative estimate of drug-likeness (QED) is 0.685. The SMILES string of the molecule is O=C(CN1C[C@@H]2CCCN[C@@H]2C1)NNc1ccccn1. The van der Waals surface area contributed by atoms with Crippen molar-refractivity contribution >= 4 is 11.7 Å². The van der Waals surface area contributed by atoms with Gasteiger partial charge in [0, 0.05) is 25.3 Å². The van der Waals surface area contributed by atoms with E-state index in [0.717, 1.165) is 19.6 Å². The minimum atomic E-state index is -0.0192. The van der Waals surface area contributed by atoms with Crippen LogP contribution in [0.25, 0.3) is 0 Å². The maximum atomic E-state index is 11.9. The minimum absolute atomic E-state index is 0.0192. The fourth-order valence-electron chi connectivity index (χ4n) is 3.08. The van der Waals surface area contributed by atoms with Crippen molar-refractivity contribution in [3.63, 3.8) is 0 Å². The van der Waals surface area contributed by atoms with Gasteiger partial charge >= 0.3 is 0 Å². The number of hydrogen-bond donors (Lipinski definition) is 3. The molecule has 2 aliphatic rings. The van der Waals surface area contributed by atoms with Crippen LogP contribution in [0.15, 0.2) is 24.4 Å². The molecule has 2 atom stereocenters. The van der Waals surface area contributed by atoms with E-state index in [0.29, 0.717) is 24.3 Å². The van der Waals surface area contributed by atoms with E-state index in [9.17, 15) is 4.79 Å². The van der Waals surface area contributed by atoms with Crippen LogP contribution in [-0.2, 0) is 4.79 Å². The predicted molar refractivity (Wildman–Crippen MR) is 77.0 cm³/mol. The molecule has 1 aromatic rings. The molecule has 3 heterocycles. The Balaban J connectivity index is 1.43. The zero-order chi connectivity index (χ0) is 13.8. The number of carbonyl (C=O) groups excluding carboxylic acids is 1. The van der Waals surface area contributed by atoms with Gasteiger partial charge in [0.25, 0.3) is 5.91 Å². The molecular weight excluding hydrogens is 254 g/mol. The molecule has 0 aliphatic carbocycles. The molecule has 2 fully saturated rings. The molecule has 6 nitrogen and oxygen atoms in total. The third-order valence-corrected chi connectivity index (χ3v) is 4.04. The van der Waals surface area contributed by atoms with Crippen molar-refractivity contribution in [2.75, 3.05) is 31.6 Å². The summed E-state index contributed by atoms with van der Waals surface area (Å²) in [5, 5.41) is 3.54. The van der Waals surface area contributed by atoms with E-state index in [-0.39, 0.29) is 5.91 Å². The lowest BCUT2D eigenvalue weighted by Gasteiger charge is -2.24. The van der Waals surface area contributed by atoms with E-state index in [1.54, 1.807) is 6.20 Å². The van der Waals surface area contributed by atoms with E-state index in [1.807, 2.05) is 18.2 Å². The second kappa shape index (κ2) is 6.19. The maximum Gasteiger partial charge on any atom is 0.252 e. The molecule has 3 N–H and O–H groups in total. The summed E-state index contributed by atoms with van der Waals surface area (Å²) in [6.45, 7) is 3.55. The number of pyridine rings is 1. The number of piperidine rings is 1. The molecule has 108 valence electrons. The van der Waals surface area contributed by atoms with E-state index in [2.05, 4.69) is 26.1 Å². The first-order valence-corrected chi connectivity index (χ1v) is 7.23. The Hall–Kier alpha value is -1.66. The molecule has 1 aromatic heterocycles. The van der Waals surface area contributed by atoms with Crippen LogP contribution in [0, 0.1) is 5.92 Å². The predicted octanol–water partition coefficient (Wildman–Crippen LogP) is 0.209. The zero-order valence-corrected chi connectivity index (χ0v) is 11.5. The highest BCUT2D eigenvalue weighted by Gasteiger charge is 2.34. The summed E-state index contributed by atoms with van der Waals surface area (Å²) in [5.41, 5.74) is 5.52. The third kappa shape index (κ3) is 3.26. The highest BCUT2D eigenvalue weighted by Crippen LogP contribution is 2.24. The van der Waals surface area contributed by atoms with Gasteiger partial charge < -0.3 is 5.32 Å². The standard InChI is InChI=1S/C14H21N5O/c20-14(18-17-13-5-1-2-6-16-13)10-19-8-11-4-3-7-15-12(11)9-19/h1-2,5-6,11-12,15H,3-4,7-10H2,(H,16,17)(H,18,20)/t11-,12+/m0/s1. The number of fused-ring (bicyclic) bond motifs is 1. The van der Waals surface area contributed by atoms with Gasteiger partial charge in [-0.3, -0.25) is 20.5 Å². The lowest BCUT2D eigenvalue weighted by molar-refractivity contribution is -0.121. The molecule has 0 unspecified atom stereocenters. The van der Waals surface area contributed by atoms with Crippen LogP contribution in [0.2, 0.25) is 0 Å². The second-order valence-corrected chi connectivity index (χ2v) is 5.55. The van der Waals surface area contributed by atoms with Crippen LogP contribution in [0.4, 0.5) is 5.82 Å². The summed E-state index contributed by atoms with van der Waals surface area (Å²) >= 11 is 0. The second-order valence-electron chi connectivity index (χ2n) is 5.55. The molecule has 20 heavy (non-hydrogen) atoms. The normalized spacial score (nSPS) is 26.0. The van der Waals surface area contributed by atoms with Gasteiger partial charge in [0.1, 0.15) is 5.82 Å². The Labute approximate surface area is 118 Å². The summed E-state index contributed by atoms with van der Waals surface area (Å²) in [4.78, 5) is 18.2. The molecule has 1 amide bonds. The third-order valence-electron chi connectivity index (χ3n) is 4.04. The van der Waals surface area contributed by atoms with Crippen LogP contribution in [-0.4, -0.2) is 48.0 Å². The van der Waals surface area contributed by atoms with Crippen molar-refractivity contribution in [3.8, 4) is 0 Å². The van der Waals surface area contributed by atoms with Crippen molar-refractivity contribution in [2.24, 2.45) is 5.92 Å². The number of hydrogen-bond acceptors (Lipinski definition) is 5. The molecule has 0 bridgehead atoms. The minimum Gasteiger partial charge on any atom is -0.312 e. The first-order valence-electron chi connectivity index (χ1n) is 7.23. The van der Waals surface area contributed by atoms with Crippen LogP contribution >= 0.6 is 0 Å². The molecule has 0 radical (unpaired) electrons. The van der Waals surface area contributed by atoms with Gasteiger partial charge in [0.2, 0.25) is 0 Å². The summed E-state index contributed by atoms with van der Waals surface area (Å²) in [6.07, 6.45) is 4.22. The summed E-state index contributed by atoms with van der Waals surface area (Å²) in [5.74, 6) is 1.34. The van der Waals surface area contributed by atoms with Gasteiger partial charge in [-0.15, -0.1) is 0 Å². The maximum absolute atomic E-state index is 11.9. The van der Waals surface area contributed by atoms with Gasteiger partial charge in [0.05, 0.1) is 6.54 Å². The highest BCUT2D eigenvalue weighted by molar-refractivity contribution is 5.79. The van der Waals surface area contributed by atoms with Gasteiger partial charge in [-0.1, -0.05) is 6.07 Å². The highest BCUT2D eigenvalue weighted by atomic mass is 16.2. The van der Waals surface area contributed by atoms with Gasteiger partial charge in [-0.25, -0.2) is 4.98 Å². The van der Waals surface area contributed by atoms with Crippen molar-refractivity contribution in [2.45, 2.75) is 18.9 Å². The number of likely N-dealkylation sites (tertiary alicyclic amines) is 1. The first kappa shape index (κ1) is 13.3. The van der Waals surface area contributed by atoms with Crippen molar-refractivity contribution in [3.05, 3.63) is 24.4 Å². The summed E-state index contributed by atoms with van der Waals surface area (Å²) in [6, 6.07) is 6.10. The summed E-state index contributed by atoms with van der Waals surface area (Å²) in [7, 11) is 0. The fourth-order valence-corrected chi connectivity index (χ4v) is 3.08. The molecule has 0 saturated carbocycles. The number of anilines is 1. The molecule has 0 aromatic carbocycles. The topological polar surface area (TPSA) is 69.3 Å². The van der Waals surface area contributed by atoms with Crippen LogP contribution in [0.5, 0.6) is 0 Å². The van der Waals surface area contributed by atoms with Crippen LogP contribution in [0.3, 0.4) is 0 Å². The Morgan fingerprint density at radius 1 is 1.45 bits per heavy atom. The van der Waals surface area contributed by atoms with Gasteiger partial charge in [-0.2, -0.15) is 0 Å². The molecule has 0 spiro atoms. The Morgan fingerprint density at radius 3 is 3.20 bits per heavy atom. The van der Waals surface area contributed by atoms with E-state index < -0.39 is 0 Å². The Bertz CT molecular complexity index is 438. The molecule has 6 heteroatoms. The number of rotatable bonds is 4. The fraction of sp³-hybridized carbons (Fsp3) is 0.571. The van der Waals surface area contributed by atoms with Crippen LogP contribution in [0.1, 0.15) is 12.8 Å². The molecule has 2 aliphatic heterocycles. The zero-order valence-electron chi connectivity index (χ0n) is 11.5. The monoisotopic (exact) mass is 275 g/mol. The number of nitrogens with zero attached hydrogens (tertiary/aromatic N) is 2. The number of amides is 1. The average molecular weight is 275 g/mol. The lowest BCUT2D eigenvalue weighted by atomic mass is 9.94. The smallest absolute Gasteiger partial charge is 0.252 e. The van der Waals surface area contributed by atoms with E-state index >= 15 is 0 Å². The number of hydrazine groups is 1. The van der Waals surface area contributed by atoms with Crippen molar-refractivity contribution in [1.82, 2.24) is 20.6 Å². The van der Waals surface area contributed by atoms with Crippen molar-refractivity contribution < 1.29 is 4.79 Å². The largest absolute Gasteiger partial charge is 0.312 e. The Kier molecular flexibility index (Phi) is 4.13. The van der Waals surface area contributed by atoms with Gasteiger partial charge in [0.15, 0.2) is 0 Å². The molecule has 2 saturated heterocycles. The van der Waals surface area contributed by atoms with E-state index in [4.69, 9.17) is 0 Å². The molecular formula is C14H21N5O. The van der Waals surface area contributed by atoms with Crippen LogP contribution < -0.4 is 16.2 Å². The lowest BCUT2D eigenvalue weighted by Crippen LogP contribution is -2.42. The Morgan fingerprint density at radius 2 is 2.40 bits per heavy atom. The van der Waals surface area contributed by atoms with Gasteiger partial charge in [-0.05, 0) is 37.4 Å².